The summed E-state index contributed by atoms with van der Waals surface area (Å²) >= 11 is 3.36. The lowest BCUT2D eigenvalue weighted by atomic mass is 10.0. The zero-order chi connectivity index (χ0) is 11.8. The first-order valence-corrected chi connectivity index (χ1v) is 7.53. The highest BCUT2D eigenvalue weighted by Gasteiger charge is 2.22. The molecule has 2 heterocycles. The highest BCUT2D eigenvalue weighted by molar-refractivity contribution is 7.22. The Bertz CT molecular complexity index is 568. The number of hydrogen-bond acceptors (Lipinski definition) is 4. The van der Waals surface area contributed by atoms with E-state index in [1.807, 2.05) is 0 Å². The number of rotatable bonds is 2. The van der Waals surface area contributed by atoms with Crippen LogP contribution in [0.3, 0.4) is 0 Å². The molecule has 88 valence electrons. The maximum Gasteiger partial charge on any atom is 0.174 e. The molecule has 2 aromatic heterocycles. The molecule has 0 fully saturated rings. The van der Waals surface area contributed by atoms with Gasteiger partial charge < -0.3 is 0 Å². The average Bonchev–Trinajstić information content (AvgIpc) is 2.95. The molecule has 17 heavy (non-hydrogen) atoms. The van der Waals surface area contributed by atoms with Crippen molar-refractivity contribution in [2.24, 2.45) is 0 Å². The minimum atomic E-state index is 0.280. The molecule has 0 saturated carbocycles. The van der Waals surface area contributed by atoms with Crippen molar-refractivity contribution < 1.29 is 4.79 Å². The number of fused-ring (bicyclic) bond motifs is 1. The van der Waals surface area contributed by atoms with Crippen molar-refractivity contribution in [1.29, 1.82) is 0 Å². The van der Waals surface area contributed by atoms with E-state index in [1.165, 1.54) is 9.75 Å². The molecule has 0 radical (unpaired) electrons. The number of thiophene rings is 1. The molecule has 1 aliphatic rings. The van der Waals surface area contributed by atoms with Crippen LogP contribution in [0.4, 0.5) is 0 Å². The lowest BCUT2D eigenvalue weighted by Gasteiger charge is -2.06. The number of Topliss-reactive ketones (excluding diaryl/α,β-unsaturated/α-hetero) is 1. The quantitative estimate of drug-likeness (QED) is 0.821. The van der Waals surface area contributed by atoms with Gasteiger partial charge in [0, 0.05) is 11.3 Å². The van der Waals surface area contributed by atoms with Gasteiger partial charge in [-0.15, -0.1) is 22.7 Å². The van der Waals surface area contributed by atoms with Gasteiger partial charge in [0.2, 0.25) is 0 Å². The number of thiazole rings is 1. The monoisotopic (exact) mass is 263 g/mol. The number of hydrogen-bond donors (Lipinski definition) is 0. The summed E-state index contributed by atoms with van der Waals surface area (Å²) in [4.78, 5) is 19.9. The number of aryl methyl sites for hydroxylation is 2. The number of carbonyl (C=O) groups excluding carboxylic acids is 1. The van der Waals surface area contributed by atoms with Gasteiger partial charge in [-0.05, 0) is 31.4 Å². The summed E-state index contributed by atoms with van der Waals surface area (Å²) in [7, 11) is 0. The number of nitrogens with zero attached hydrogens (tertiary/aromatic N) is 1. The highest BCUT2D eigenvalue weighted by Crippen LogP contribution is 2.35. The Morgan fingerprint density at radius 1 is 1.29 bits per heavy atom. The van der Waals surface area contributed by atoms with E-state index in [0.717, 1.165) is 34.8 Å². The number of aromatic nitrogens is 1. The maximum absolute atomic E-state index is 11.8. The van der Waals surface area contributed by atoms with Crippen molar-refractivity contribution in [3.63, 3.8) is 0 Å². The zero-order valence-electron chi connectivity index (χ0n) is 9.66. The Morgan fingerprint density at radius 2 is 2.18 bits per heavy atom. The molecule has 0 spiro atoms. The third-order valence-corrected chi connectivity index (χ3v) is 5.53. The summed E-state index contributed by atoms with van der Waals surface area (Å²) in [5.41, 5.74) is 1.02. The summed E-state index contributed by atoms with van der Waals surface area (Å²) in [5.74, 6) is 0.280. The van der Waals surface area contributed by atoms with Crippen molar-refractivity contribution in [2.45, 2.75) is 32.6 Å². The highest BCUT2D eigenvalue weighted by atomic mass is 32.1. The smallest absolute Gasteiger partial charge is 0.174 e. The number of carbonyl (C=O) groups is 1. The van der Waals surface area contributed by atoms with Gasteiger partial charge in [0.05, 0.1) is 15.4 Å². The second-order valence-corrected chi connectivity index (χ2v) is 6.36. The molecule has 0 saturated heterocycles. The molecule has 0 aliphatic heterocycles. The van der Waals surface area contributed by atoms with Crippen LogP contribution in [0.2, 0.25) is 0 Å². The first-order valence-electron chi connectivity index (χ1n) is 5.90. The molecule has 2 aromatic rings. The standard InChI is InChI=1S/C13H13NOS2/c1-2-8-6-7-11(16-8)13-14-9-4-3-5-10(15)12(9)17-13/h6-7H,2-5H2,1H3. The molecule has 0 unspecified atom stereocenters. The number of ketones is 1. The normalized spacial score (nSPS) is 15.0. The van der Waals surface area contributed by atoms with Crippen LogP contribution in [0.25, 0.3) is 9.88 Å². The van der Waals surface area contributed by atoms with E-state index < -0.39 is 0 Å². The fraction of sp³-hybridized carbons (Fsp3) is 0.385. The zero-order valence-corrected chi connectivity index (χ0v) is 11.3. The van der Waals surface area contributed by atoms with Gasteiger partial charge in [0.1, 0.15) is 5.01 Å². The van der Waals surface area contributed by atoms with E-state index in [9.17, 15) is 4.79 Å². The van der Waals surface area contributed by atoms with E-state index in [-0.39, 0.29) is 5.78 Å². The van der Waals surface area contributed by atoms with Gasteiger partial charge >= 0.3 is 0 Å². The fourth-order valence-electron chi connectivity index (χ4n) is 2.06. The second kappa shape index (κ2) is 4.35. The minimum absolute atomic E-state index is 0.280. The lowest BCUT2D eigenvalue weighted by molar-refractivity contribution is 0.0976. The van der Waals surface area contributed by atoms with Crippen LogP contribution >= 0.6 is 22.7 Å². The predicted octanol–water partition coefficient (Wildman–Crippen LogP) is 3.95. The molecule has 0 amide bonds. The van der Waals surface area contributed by atoms with Crippen molar-refractivity contribution in [1.82, 2.24) is 4.98 Å². The molecular weight excluding hydrogens is 250 g/mol. The van der Waals surface area contributed by atoms with E-state index in [2.05, 4.69) is 24.0 Å². The van der Waals surface area contributed by atoms with Crippen molar-refractivity contribution in [3.05, 3.63) is 27.6 Å². The van der Waals surface area contributed by atoms with Gasteiger partial charge in [-0.1, -0.05) is 6.92 Å². The maximum atomic E-state index is 11.8. The second-order valence-electron chi connectivity index (χ2n) is 4.19. The molecule has 4 heteroatoms. The summed E-state index contributed by atoms with van der Waals surface area (Å²) in [6.07, 6.45) is 3.68. The largest absolute Gasteiger partial charge is 0.293 e. The first kappa shape index (κ1) is 11.1. The molecule has 0 bridgehead atoms. The molecule has 0 atom stereocenters. The lowest BCUT2D eigenvalue weighted by Crippen LogP contribution is -2.07. The Balaban J connectivity index is 2.01. The summed E-state index contributed by atoms with van der Waals surface area (Å²) in [5, 5.41) is 1.02. The fourth-order valence-corrected chi connectivity index (χ4v) is 4.14. The van der Waals surface area contributed by atoms with Crippen molar-refractivity contribution in [2.75, 3.05) is 0 Å². The molecule has 0 aromatic carbocycles. The van der Waals surface area contributed by atoms with Crippen LogP contribution in [0.1, 0.15) is 40.0 Å². The Hall–Kier alpha value is -1.00. The van der Waals surface area contributed by atoms with E-state index in [1.54, 1.807) is 22.7 Å². The Labute approximate surface area is 108 Å². The summed E-state index contributed by atoms with van der Waals surface area (Å²) in [6, 6.07) is 4.28. The van der Waals surface area contributed by atoms with Gasteiger partial charge in [0.15, 0.2) is 5.78 Å². The van der Waals surface area contributed by atoms with Crippen LogP contribution < -0.4 is 0 Å². The Kier molecular flexibility index (Phi) is 2.84. The Morgan fingerprint density at radius 3 is 2.88 bits per heavy atom. The minimum Gasteiger partial charge on any atom is -0.293 e. The summed E-state index contributed by atoms with van der Waals surface area (Å²) < 4.78 is 0. The van der Waals surface area contributed by atoms with Gasteiger partial charge in [-0.3, -0.25) is 4.79 Å². The van der Waals surface area contributed by atoms with Gasteiger partial charge in [0.25, 0.3) is 0 Å². The third kappa shape index (κ3) is 1.96. The van der Waals surface area contributed by atoms with E-state index >= 15 is 0 Å². The van der Waals surface area contributed by atoms with Crippen LogP contribution in [0.15, 0.2) is 12.1 Å². The predicted molar refractivity (Wildman–Crippen MR) is 72.1 cm³/mol. The molecule has 3 rings (SSSR count). The van der Waals surface area contributed by atoms with Gasteiger partial charge in [-0.2, -0.15) is 0 Å². The van der Waals surface area contributed by atoms with Crippen LogP contribution in [-0.4, -0.2) is 10.8 Å². The molecular formula is C13H13NOS2. The van der Waals surface area contributed by atoms with Crippen LogP contribution in [0.5, 0.6) is 0 Å². The average molecular weight is 263 g/mol. The van der Waals surface area contributed by atoms with E-state index in [4.69, 9.17) is 0 Å². The van der Waals surface area contributed by atoms with Crippen molar-refractivity contribution >= 4 is 28.5 Å². The topological polar surface area (TPSA) is 30.0 Å². The van der Waals surface area contributed by atoms with Gasteiger partial charge in [-0.25, -0.2) is 4.98 Å². The summed E-state index contributed by atoms with van der Waals surface area (Å²) in [6.45, 7) is 2.16. The molecule has 1 aliphatic carbocycles. The van der Waals surface area contributed by atoms with Crippen LogP contribution in [0, 0.1) is 0 Å². The SMILES string of the molecule is CCc1ccc(-c2nc3c(s2)C(=O)CCC3)s1. The first-order chi connectivity index (χ1) is 8.28. The van der Waals surface area contributed by atoms with Crippen LogP contribution in [-0.2, 0) is 12.8 Å². The van der Waals surface area contributed by atoms with E-state index in [0.29, 0.717) is 6.42 Å². The third-order valence-electron chi connectivity index (χ3n) is 2.99. The molecule has 2 nitrogen and oxygen atoms in total. The van der Waals surface area contributed by atoms with Crippen molar-refractivity contribution in [3.8, 4) is 9.88 Å². The molecule has 0 N–H and O–H groups in total.